The van der Waals surface area contributed by atoms with E-state index < -0.39 is 0 Å². The molecule has 0 spiro atoms. The molecule has 1 heterocycles. The standard InChI is InChI=1S/C18H26N4O/c1-19-9-10-21(2)13-15-12-20-22(3)18(15)14-5-4-6-17(11-14)23-16-7-8-16/h4-6,11-12,16,19H,7-10,13H2,1-3H3. The molecule has 1 aromatic carbocycles. The highest BCUT2D eigenvalue weighted by Crippen LogP contribution is 2.31. The Morgan fingerprint density at radius 1 is 1.39 bits per heavy atom. The largest absolute Gasteiger partial charge is 0.490 e. The van der Waals surface area contributed by atoms with Crippen LogP contribution in [0.2, 0.25) is 0 Å². The van der Waals surface area contributed by atoms with Gasteiger partial charge in [0.2, 0.25) is 0 Å². The van der Waals surface area contributed by atoms with Crippen molar-refractivity contribution in [3.63, 3.8) is 0 Å². The van der Waals surface area contributed by atoms with E-state index in [0.29, 0.717) is 6.10 Å². The Bertz CT molecular complexity index is 648. The van der Waals surface area contributed by atoms with Crippen LogP contribution in [0.4, 0.5) is 0 Å². The molecule has 1 aliphatic rings. The Balaban J connectivity index is 1.80. The van der Waals surface area contributed by atoms with Crippen LogP contribution in [0.25, 0.3) is 11.3 Å². The molecule has 1 aromatic heterocycles. The number of aryl methyl sites for hydroxylation is 1. The van der Waals surface area contributed by atoms with Crippen LogP contribution in [0.15, 0.2) is 30.5 Å². The maximum absolute atomic E-state index is 5.93. The predicted molar refractivity (Wildman–Crippen MR) is 92.6 cm³/mol. The summed E-state index contributed by atoms with van der Waals surface area (Å²) in [4.78, 5) is 2.31. The van der Waals surface area contributed by atoms with E-state index in [2.05, 4.69) is 40.6 Å². The lowest BCUT2D eigenvalue weighted by Gasteiger charge is -2.17. The van der Waals surface area contributed by atoms with E-state index in [-0.39, 0.29) is 0 Å². The van der Waals surface area contributed by atoms with Crippen molar-refractivity contribution < 1.29 is 4.74 Å². The van der Waals surface area contributed by atoms with Crippen molar-refractivity contribution in [3.8, 4) is 17.0 Å². The van der Waals surface area contributed by atoms with Crippen LogP contribution in [-0.4, -0.2) is 48.0 Å². The quantitative estimate of drug-likeness (QED) is 0.812. The van der Waals surface area contributed by atoms with E-state index >= 15 is 0 Å². The number of nitrogens with zero attached hydrogens (tertiary/aromatic N) is 3. The number of hydrogen-bond donors (Lipinski definition) is 1. The maximum atomic E-state index is 5.93. The number of hydrogen-bond acceptors (Lipinski definition) is 4. The fourth-order valence-corrected chi connectivity index (χ4v) is 2.74. The minimum atomic E-state index is 0.420. The molecule has 5 heteroatoms. The Hall–Kier alpha value is -1.85. The molecule has 23 heavy (non-hydrogen) atoms. The van der Waals surface area contributed by atoms with E-state index in [0.717, 1.165) is 25.4 Å². The maximum Gasteiger partial charge on any atom is 0.120 e. The first-order chi connectivity index (χ1) is 11.2. The zero-order chi connectivity index (χ0) is 16.2. The Labute approximate surface area is 138 Å². The summed E-state index contributed by atoms with van der Waals surface area (Å²) in [6.45, 7) is 2.88. The van der Waals surface area contributed by atoms with Crippen molar-refractivity contribution in [2.75, 3.05) is 27.2 Å². The number of rotatable bonds is 8. The first kappa shape index (κ1) is 16.0. The molecule has 0 unspecified atom stereocenters. The summed E-state index contributed by atoms with van der Waals surface area (Å²) < 4.78 is 7.89. The third-order valence-corrected chi connectivity index (χ3v) is 4.13. The number of likely N-dealkylation sites (N-methyl/N-ethyl adjacent to an activating group) is 2. The van der Waals surface area contributed by atoms with Crippen LogP contribution in [0.5, 0.6) is 5.75 Å². The van der Waals surface area contributed by atoms with Gasteiger partial charge < -0.3 is 15.0 Å². The Kier molecular flexibility index (Phi) is 4.98. The average molecular weight is 314 g/mol. The summed E-state index contributed by atoms with van der Waals surface area (Å²) >= 11 is 0. The Morgan fingerprint density at radius 3 is 2.96 bits per heavy atom. The zero-order valence-corrected chi connectivity index (χ0v) is 14.2. The van der Waals surface area contributed by atoms with Gasteiger partial charge >= 0.3 is 0 Å². The van der Waals surface area contributed by atoms with E-state index in [1.807, 2.05) is 31.0 Å². The number of benzene rings is 1. The summed E-state index contributed by atoms with van der Waals surface area (Å²) in [5, 5.41) is 7.65. The van der Waals surface area contributed by atoms with Gasteiger partial charge in [0.25, 0.3) is 0 Å². The molecule has 0 aliphatic heterocycles. The van der Waals surface area contributed by atoms with Gasteiger partial charge in [-0.3, -0.25) is 4.68 Å². The molecule has 1 N–H and O–H groups in total. The summed E-state index contributed by atoms with van der Waals surface area (Å²) in [6.07, 6.45) is 4.75. The van der Waals surface area contributed by atoms with Gasteiger partial charge in [-0.15, -0.1) is 0 Å². The molecular formula is C18H26N4O. The van der Waals surface area contributed by atoms with E-state index in [1.54, 1.807) is 0 Å². The monoisotopic (exact) mass is 314 g/mol. The molecule has 1 aliphatic carbocycles. The van der Waals surface area contributed by atoms with Crippen molar-refractivity contribution in [2.45, 2.75) is 25.5 Å². The summed E-state index contributed by atoms with van der Waals surface area (Å²) in [6, 6.07) is 8.37. The van der Waals surface area contributed by atoms with Crippen LogP contribution in [0.1, 0.15) is 18.4 Å². The lowest BCUT2D eigenvalue weighted by Crippen LogP contribution is -2.27. The molecule has 0 saturated heterocycles. The third-order valence-electron chi connectivity index (χ3n) is 4.13. The second-order valence-electron chi connectivity index (χ2n) is 6.33. The summed E-state index contributed by atoms with van der Waals surface area (Å²) in [5.74, 6) is 0.959. The molecule has 124 valence electrons. The fourth-order valence-electron chi connectivity index (χ4n) is 2.74. The topological polar surface area (TPSA) is 42.3 Å². The van der Waals surface area contributed by atoms with Crippen LogP contribution in [-0.2, 0) is 13.6 Å². The first-order valence-corrected chi connectivity index (χ1v) is 8.28. The van der Waals surface area contributed by atoms with Gasteiger partial charge in [-0.25, -0.2) is 0 Å². The SMILES string of the molecule is CNCCN(C)Cc1cnn(C)c1-c1cccc(OC2CC2)c1. The van der Waals surface area contributed by atoms with Crippen molar-refractivity contribution in [1.29, 1.82) is 0 Å². The molecule has 0 amide bonds. The highest BCUT2D eigenvalue weighted by atomic mass is 16.5. The molecule has 1 saturated carbocycles. The van der Waals surface area contributed by atoms with Gasteiger partial charge in [0.15, 0.2) is 0 Å². The molecular weight excluding hydrogens is 288 g/mol. The van der Waals surface area contributed by atoms with Gasteiger partial charge in [0, 0.05) is 37.8 Å². The zero-order valence-electron chi connectivity index (χ0n) is 14.2. The van der Waals surface area contributed by atoms with Gasteiger partial charge in [-0.05, 0) is 39.1 Å². The van der Waals surface area contributed by atoms with Crippen LogP contribution >= 0.6 is 0 Å². The van der Waals surface area contributed by atoms with E-state index in [4.69, 9.17) is 4.74 Å². The molecule has 3 rings (SSSR count). The molecule has 2 aromatic rings. The van der Waals surface area contributed by atoms with Gasteiger partial charge in [0.1, 0.15) is 5.75 Å². The van der Waals surface area contributed by atoms with Gasteiger partial charge in [-0.2, -0.15) is 5.10 Å². The van der Waals surface area contributed by atoms with Crippen LogP contribution in [0, 0.1) is 0 Å². The molecule has 1 fully saturated rings. The minimum absolute atomic E-state index is 0.420. The van der Waals surface area contributed by atoms with Gasteiger partial charge in [-0.1, -0.05) is 12.1 Å². The number of aromatic nitrogens is 2. The Morgan fingerprint density at radius 2 is 2.22 bits per heavy atom. The van der Waals surface area contributed by atoms with Crippen molar-refractivity contribution in [2.24, 2.45) is 7.05 Å². The van der Waals surface area contributed by atoms with Crippen molar-refractivity contribution in [3.05, 3.63) is 36.0 Å². The molecule has 0 atom stereocenters. The fraction of sp³-hybridized carbons (Fsp3) is 0.500. The lowest BCUT2D eigenvalue weighted by atomic mass is 10.1. The lowest BCUT2D eigenvalue weighted by molar-refractivity contribution is 0.303. The second-order valence-corrected chi connectivity index (χ2v) is 6.33. The van der Waals surface area contributed by atoms with Crippen LogP contribution < -0.4 is 10.1 Å². The number of ether oxygens (including phenoxy) is 1. The van der Waals surface area contributed by atoms with E-state index in [9.17, 15) is 0 Å². The summed E-state index contributed by atoms with van der Waals surface area (Å²) in [7, 11) is 6.12. The second kappa shape index (κ2) is 7.15. The smallest absolute Gasteiger partial charge is 0.120 e. The molecule has 0 radical (unpaired) electrons. The highest BCUT2D eigenvalue weighted by Gasteiger charge is 2.23. The first-order valence-electron chi connectivity index (χ1n) is 8.28. The predicted octanol–water partition coefficient (Wildman–Crippen LogP) is 2.28. The minimum Gasteiger partial charge on any atom is -0.490 e. The normalized spacial score (nSPS) is 14.4. The average Bonchev–Trinajstić information content (AvgIpc) is 3.28. The van der Waals surface area contributed by atoms with Crippen molar-refractivity contribution >= 4 is 0 Å². The van der Waals surface area contributed by atoms with E-state index in [1.165, 1.54) is 29.7 Å². The van der Waals surface area contributed by atoms with Gasteiger partial charge in [0.05, 0.1) is 18.0 Å². The highest BCUT2D eigenvalue weighted by molar-refractivity contribution is 5.65. The summed E-state index contributed by atoms with van der Waals surface area (Å²) in [5.41, 5.74) is 3.58. The third kappa shape index (κ3) is 4.12. The molecule has 5 nitrogen and oxygen atoms in total. The molecule has 0 bridgehead atoms. The van der Waals surface area contributed by atoms with Crippen LogP contribution in [0.3, 0.4) is 0 Å². The van der Waals surface area contributed by atoms with Crippen molar-refractivity contribution in [1.82, 2.24) is 20.0 Å². The number of nitrogens with one attached hydrogen (secondary N) is 1.